The van der Waals surface area contributed by atoms with E-state index in [1.807, 2.05) is 24.3 Å². The number of nitriles is 1. The molecule has 1 aliphatic heterocycles. The lowest BCUT2D eigenvalue weighted by molar-refractivity contribution is -0.385. The summed E-state index contributed by atoms with van der Waals surface area (Å²) in [6, 6.07) is 19.8. The highest BCUT2D eigenvalue weighted by atomic mass is 79.9. The minimum atomic E-state index is -0.876. The highest BCUT2D eigenvalue weighted by molar-refractivity contribution is 9.10. The van der Waals surface area contributed by atoms with Crippen LogP contribution in [0.1, 0.15) is 27.4 Å². The molecular weight excluding hydrogens is 478 g/mol. The van der Waals surface area contributed by atoms with Crippen molar-refractivity contribution in [3.05, 3.63) is 109 Å². The molecule has 32 heavy (non-hydrogen) atoms. The van der Waals surface area contributed by atoms with Crippen molar-refractivity contribution >= 4 is 27.6 Å². The lowest BCUT2D eigenvalue weighted by atomic mass is 9.83. The predicted molar refractivity (Wildman–Crippen MR) is 118 cm³/mol. The second-order valence-corrected chi connectivity index (χ2v) is 7.76. The van der Waals surface area contributed by atoms with Gasteiger partial charge in [0.2, 0.25) is 5.88 Å². The first kappa shape index (κ1) is 21.1. The zero-order valence-corrected chi connectivity index (χ0v) is 17.9. The monoisotopic (exact) mass is 491 g/mol. The van der Waals surface area contributed by atoms with E-state index in [0.29, 0.717) is 11.3 Å². The van der Waals surface area contributed by atoms with Gasteiger partial charge in [0.15, 0.2) is 0 Å². The third-order valence-electron chi connectivity index (χ3n) is 4.93. The Morgan fingerprint density at radius 3 is 2.56 bits per heavy atom. The Morgan fingerprint density at radius 2 is 1.88 bits per heavy atom. The van der Waals surface area contributed by atoms with Gasteiger partial charge in [-0.1, -0.05) is 46.3 Å². The number of fused-ring (bicyclic) bond motifs is 1. The summed E-state index contributed by atoms with van der Waals surface area (Å²) in [6.45, 7) is 0. The molecule has 1 heterocycles. The predicted octanol–water partition coefficient (Wildman–Crippen LogP) is 4.79. The van der Waals surface area contributed by atoms with Crippen LogP contribution in [-0.4, -0.2) is 10.9 Å². The maximum Gasteiger partial charge on any atom is 0.350 e. The molecule has 1 unspecified atom stereocenters. The number of benzene rings is 3. The van der Waals surface area contributed by atoms with Crippen molar-refractivity contribution < 1.29 is 19.2 Å². The smallest absolute Gasteiger partial charge is 0.350 e. The average Bonchev–Trinajstić information content (AvgIpc) is 2.78. The Hall–Kier alpha value is -4.16. The van der Waals surface area contributed by atoms with Gasteiger partial charge in [-0.2, -0.15) is 5.26 Å². The number of nitrogens with zero attached hydrogens (tertiary/aromatic N) is 2. The zero-order chi connectivity index (χ0) is 22.8. The molecule has 0 spiro atoms. The van der Waals surface area contributed by atoms with Gasteiger partial charge in [0.1, 0.15) is 28.7 Å². The highest BCUT2D eigenvalue weighted by Gasteiger charge is 2.31. The number of nitro benzene ring substituents is 1. The van der Waals surface area contributed by atoms with Crippen LogP contribution in [0.25, 0.3) is 0 Å². The Balaban J connectivity index is 1.70. The van der Waals surface area contributed by atoms with Crippen LogP contribution in [0.5, 0.6) is 11.5 Å². The number of esters is 1. The SMILES string of the molecule is N#CC1=C(N)Oc2cc(OC(=O)c3ccccc3[N+](=O)[O-])ccc2C1c1ccc(Br)cc1. The number of rotatable bonds is 4. The van der Waals surface area contributed by atoms with Crippen LogP contribution in [0.15, 0.2) is 82.7 Å². The molecule has 0 radical (unpaired) electrons. The van der Waals surface area contributed by atoms with E-state index in [1.54, 1.807) is 6.07 Å². The maximum atomic E-state index is 12.5. The van der Waals surface area contributed by atoms with Crippen molar-refractivity contribution in [2.24, 2.45) is 5.73 Å². The van der Waals surface area contributed by atoms with E-state index >= 15 is 0 Å². The summed E-state index contributed by atoms with van der Waals surface area (Å²) >= 11 is 3.39. The molecule has 0 bridgehead atoms. The van der Waals surface area contributed by atoms with E-state index in [0.717, 1.165) is 10.0 Å². The van der Waals surface area contributed by atoms with E-state index in [1.165, 1.54) is 36.4 Å². The molecule has 4 rings (SSSR count). The minimum Gasteiger partial charge on any atom is -0.440 e. The average molecular weight is 492 g/mol. The topological polar surface area (TPSA) is 128 Å². The van der Waals surface area contributed by atoms with Gasteiger partial charge in [0.25, 0.3) is 5.69 Å². The molecule has 2 N–H and O–H groups in total. The number of nitrogens with two attached hydrogens (primary N) is 1. The minimum absolute atomic E-state index is 0.0462. The fraction of sp³-hybridized carbons (Fsp3) is 0.0435. The number of hydrogen-bond donors (Lipinski definition) is 1. The molecule has 0 aromatic heterocycles. The van der Waals surface area contributed by atoms with Crippen LogP contribution >= 0.6 is 15.9 Å². The summed E-state index contributed by atoms with van der Waals surface area (Å²) in [4.78, 5) is 23.1. The summed E-state index contributed by atoms with van der Waals surface area (Å²) in [5, 5.41) is 20.8. The molecule has 3 aromatic carbocycles. The molecule has 1 aliphatic rings. The number of ether oxygens (including phenoxy) is 2. The fourth-order valence-electron chi connectivity index (χ4n) is 3.46. The molecule has 0 fully saturated rings. The van der Waals surface area contributed by atoms with E-state index in [-0.39, 0.29) is 28.5 Å². The van der Waals surface area contributed by atoms with E-state index in [2.05, 4.69) is 22.0 Å². The molecule has 158 valence electrons. The molecule has 0 amide bonds. The summed E-state index contributed by atoms with van der Waals surface area (Å²) in [5.41, 5.74) is 7.25. The second kappa shape index (κ2) is 8.53. The van der Waals surface area contributed by atoms with E-state index in [4.69, 9.17) is 15.2 Å². The third-order valence-corrected chi connectivity index (χ3v) is 5.45. The Morgan fingerprint density at radius 1 is 1.16 bits per heavy atom. The van der Waals surface area contributed by atoms with E-state index < -0.39 is 16.8 Å². The molecule has 3 aromatic rings. The Bertz CT molecular complexity index is 1310. The van der Waals surface area contributed by atoms with Crippen molar-refractivity contribution in [2.75, 3.05) is 0 Å². The third kappa shape index (κ3) is 3.91. The molecule has 0 aliphatic carbocycles. The molecule has 8 nitrogen and oxygen atoms in total. The quantitative estimate of drug-likeness (QED) is 0.240. The van der Waals surface area contributed by atoms with Crippen LogP contribution in [-0.2, 0) is 0 Å². The van der Waals surface area contributed by atoms with Gasteiger partial charge in [-0.05, 0) is 29.8 Å². The highest BCUT2D eigenvalue weighted by Crippen LogP contribution is 2.43. The number of hydrogen-bond acceptors (Lipinski definition) is 7. The molecule has 9 heteroatoms. The lowest BCUT2D eigenvalue weighted by Gasteiger charge is -2.26. The van der Waals surface area contributed by atoms with Crippen LogP contribution in [0.3, 0.4) is 0 Å². The molecule has 1 atom stereocenters. The standard InChI is InChI=1S/C23H14BrN3O5/c24-14-7-5-13(6-8-14)21-17-10-9-15(11-20(17)32-22(26)18(21)12-25)31-23(28)16-3-1-2-4-19(16)27(29)30/h1-11,21H,26H2. The molecule has 0 saturated carbocycles. The van der Waals surface area contributed by atoms with Gasteiger partial charge in [0, 0.05) is 22.2 Å². The lowest BCUT2D eigenvalue weighted by Crippen LogP contribution is -2.21. The van der Waals surface area contributed by atoms with Crippen molar-refractivity contribution in [1.82, 2.24) is 0 Å². The van der Waals surface area contributed by atoms with Crippen molar-refractivity contribution in [1.29, 1.82) is 5.26 Å². The summed E-state index contributed by atoms with van der Waals surface area (Å²) in [5.74, 6) is -0.942. The summed E-state index contributed by atoms with van der Waals surface area (Å²) in [6.07, 6.45) is 0. The number of para-hydroxylation sites is 1. The van der Waals surface area contributed by atoms with Gasteiger partial charge in [0.05, 0.1) is 10.8 Å². The first-order chi connectivity index (χ1) is 15.4. The van der Waals surface area contributed by atoms with Gasteiger partial charge in [-0.15, -0.1) is 0 Å². The summed E-state index contributed by atoms with van der Waals surface area (Å²) < 4.78 is 11.9. The van der Waals surface area contributed by atoms with Crippen LogP contribution < -0.4 is 15.2 Å². The van der Waals surface area contributed by atoms with Gasteiger partial charge in [-0.3, -0.25) is 10.1 Å². The fourth-order valence-corrected chi connectivity index (χ4v) is 3.73. The largest absolute Gasteiger partial charge is 0.440 e. The maximum absolute atomic E-state index is 12.5. The first-order valence-electron chi connectivity index (χ1n) is 9.31. The summed E-state index contributed by atoms with van der Waals surface area (Å²) in [7, 11) is 0. The number of nitro groups is 1. The van der Waals surface area contributed by atoms with E-state index in [9.17, 15) is 20.2 Å². The van der Waals surface area contributed by atoms with Crippen LogP contribution in [0.2, 0.25) is 0 Å². The van der Waals surface area contributed by atoms with Gasteiger partial charge < -0.3 is 15.2 Å². The Labute approximate surface area is 190 Å². The second-order valence-electron chi connectivity index (χ2n) is 6.84. The molecular formula is C23H14BrN3O5. The van der Waals surface area contributed by atoms with Crippen molar-refractivity contribution in [3.8, 4) is 17.6 Å². The number of halogens is 1. The number of allylic oxidation sites excluding steroid dienone is 1. The number of carbonyl (C=O) groups is 1. The molecule has 0 saturated heterocycles. The zero-order valence-electron chi connectivity index (χ0n) is 16.3. The first-order valence-corrected chi connectivity index (χ1v) is 10.1. The van der Waals surface area contributed by atoms with Crippen LogP contribution in [0.4, 0.5) is 5.69 Å². The van der Waals surface area contributed by atoms with Crippen molar-refractivity contribution in [3.63, 3.8) is 0 Å². The number of carbonyl (C=O) groups excluding carboxylic acids is 1. The van der Waals surface area contributed by atoms with Gasteiger partial charge >= 0.3 is 5.97 Å². The normalized spacial score (nSPS) is 14.7. The van der Waals surface area contributed by atoms with Crippen LogP contribution in [0, 0.1) is 21.4 Å². The van der Waals surface area contributed by atoms with Crippen molar-refractivity contribution in [2.45, 2.75) is 5.92 Å². The van der Waals surface area contributed by atoms with Gasteiger partial charge in [-0.25, -0.2) is 4.79 Å². The Kier molecular flexibility index (Phi) is 5.62.